The second kappa shape index (κ2) is 11.6. The maximum absolute atomic E-state index is 14.8. The predicted molar refractivity (Wildman–Crippen MR) is 153 cm³/mol. The lowest BCUT2D eigenvalue weighted by Gasteiger charge is -2.22. The highest BCUT2D eigenvalue weighted by atomic mass is 35.5. The van der Waals surface area contributed by atoms with E-state index in [4.69, 9.17) is 16.3 Å². The molecule has 0 saturated heterocycles. The summed E-state index contributed by atoms with van der Waals surface area (Å²) in [6.45, 7) is 3.90. The molecule has 1 fully saturated rings. The monoisotopic (exact) mass is 574 g/mol. The van der Waals surface area contributed by atoms with Crippen molar-refractivity contribution in [3.05, 3.63) is 76.7 Å². The van der Waals surface area contributed by atoms with Gasteiger partial charge in [-0.25, -0.2) is 13.9 Å². The van der Waals surface area contributed by atoms with Gasteiger partial charge in [0.1, 0.15) is 11.6 Å². The van der Waals surface area contributed by atoms with Crippen molar-refractivity contribution in [2.24, 2.45) is 5.92 Å². The van der Waals surface area contributed by atoms with Crippen molar-refractivity contribution in [3.63, 3.8) is 0 Å². The van der Waals surface area contributed by atoms with Crippen molar-refractivity contribution < 1.29 is 18.7 Å². The number of benzene rings is 2. The van der Waals surface area contributed by atoms with Crippen molar-refractivity contribution in [1.29, 1.82) is 5.26 Å². The molecule has 1 unspecified atom stereocenters. The number of anilines is 2. The largest absolute Gasteiger partial charge is 0.436 e. The molecular formula is C30H28ClFN6O3. The maximum atomic E-state index is 14.8. The molecule has 210 valence electrons. The maximum Gasteiger partial charge on any atom is 0.255 e. The van der Waals surface area contributed by atoms with Crippen LogP contribution in [0.15, 0.2) is 54.7 Å². The number of hydrogen-bond acceptors (Lipinski definition) is 6. The number of nitrogens with one attached hydrogen (secondary N) is 2. The highest BCUT2D eigenvalue weighted by Gasteiger charge is 2.30. The van der Waals surface area contributed by atoms with Gasteiger partial charge in [0.2, 0.25) is 11.8 Å². The fourth-order valence-electron chi connectivity index (χ4n) is 4.36. The molecule has 1 atom stereocenters. The Kier molecular flexibility index (Phi) is 7.90. The summed E-state index contributed by atoms with van der Waals surface area (Å²) >= 11 is 6.25. The molecule has 0 radical (unpaired) electrons. The summed E-state index contributed by atoms with van der Waals surface area (Å²) < 4.78 is 22.1. The molecule has 4 aromatic rings. The van der Waals surface area contributed by atoms with E-state index in [1.807, 2.05) is 13.0 Å². The van der Waals surface area contributed by atoms with Crippen LogP contribution in [0.5, 0.6) is 11.6 Å². The van der Waals surface area contributed by atoms with Gasteiger partial charge >= 0.3 is 0 Å². The number of carbonyl (C=O) groups is 2. The Labute approximate surface area is 241 Å². The van der Waals surface area contributed by atoms with Crippen LogP contribution in [0.1, 0.15) is 61.9 Å². The number of rotatable bonds is 10. The Bertz CT molecular complexity index is 1680. The van der Waals surface area contributed by atoms with Gasteiger partial charge in [-0.2, -0.15) is 5.26 Å². The summed E-state index contributed by atoms with van der Waals surface area (Å²) in [5.74, 6) is -0.742. The molecular weight excluding hydrogens is 547 g/mol. The van der Waals surface area contributed by atoms with Crippen LogP contribution in [0.2, 0.25) is 5.02 Å². The summed E-state index contributed by atoms with van der Waals surface area (Å²) in [6.07, 6.45) is 5.80. The number of halogens is 2. The van der Waals surface area contributed by atoms with E-state index in [0.29, 0.717) is 17.9 Å². The highest BCUT2D eigenvalue weighted by Crippen LogP contribution is 2.35. The van der Waals surface area contributed by atoms with Crippen LogP contribution < -0.4 is 15.4 Å². The molecule has 0 aliphatic heterocycles. The number of imidazole rings is 1. The Hall–Kier alpha value is -4.49. The summed E-state index contributed by atoms with van der Waals surface area (Å²) in [5, 5.41) is 19.5. The average Bonchev–Trinajstić information content (AvgIpc) is 3.75. The molecule has 2 aromatic carbocycles. The lowest BCUT2D eigenvalue weighted by atomic mass is 9.79. The standard InChI is InChI=1S/C30H28ClFN6O3/c1-3-4-12-30(2,17-33)20-7-5-6-19(13-20)29(40)34-23-15-24(21(31)14-22(23)32)41-27-11-10-26-35-25(16-38(26)37-27)36-28(39)18-8-9-18/h5-7,10-11,13-16,18H,3-4,8-9,12H2,1-2H3,(H,34,40)(H,36,39). The second-order valence-electron chi connectivity index (χ2n) is 10.3. The number of fused-ring (bicyclic) bond motifs is 1. The van der Waals surface area contributed by atoms with Crippen LogP contribution in [-0.2, 0) is 10.2 Å². The molecule has 1 aliphatic carbocycles. The smallest absolute Gasteiger partial charge is 0.255 e. The number of nitriles is 1. The second-order valence-corrected chi connectivity index (χ2v) is 10.7. The fraction of sp³-hybridized carbons (Fsp3) is 0.300. The third kappa shape index (κ3) is 6.31. The van der Waals surface area contributed by atoms with Gasteiger partial charge in [0, 0.05) is 23.6 Å². The van der Waals surface area contributed by atoms with Crippen molar-refractivity contribution in [3.8, 4) is 17.7 Å². The van der Waals surface area contributed by atoms with E-state index in [9.17, 15) is 19.2 Å². The van der Waals surface area contributed by atoms with Gasteiger partial charge in [0.15, 0.2) is 11.5 Å². The first-order chi connectivity index (χ1) is 19.7. The predicted octanol–water partition coefficient (Wildman–Crippen LogP) is 6.89. The SMILES string of the molecule is CCCCC(C)(C#N)c1cccc(C(=O)Nc2cc(Oc3ccc4nc(NC(=O)C5CC5)cn4n3)c(Cl)cc2F)c1. The number of carbonyl (C=O) groups excluding carboxylic acids is 2. The third-order valence-corrected chi connectivity index (χ3v) is 7.31. The molecule has 0 spiro atoms. The Morgan fingerprint density at radius 3 is 2.76 bits per heavy atom. The number of unbranched alkanes of at least 4 members (excludes halogenated alkanes) is 1. The van der Waals surface area contributed by atoms with E-state index in [1.165, 1.54) is 10.6 Å². The zero-order valence-electron chi connectivity index (χ0n) is 22.6. The van der Waals surface area contributed by atoms with E-state index in [2.05, 4.69) is 33.7 Å². The summed E-state index contributed by atoms with van der Waals surface area (Å²) in [7, 11) is 0. The van der Waals surface area contributed by atoms with Gasteiger partial charge in [-0.1, -0.05) is 43.5 Å². The molecule has 2 heterocycles. The van der Waals surface area contributed by atoms with E-state index in [1.54, 1.807) is 36.5 Å². The number of amides is 2. The molecule has 0 bridgehead atoms. The first-order valence-corrected chi connectivity index (χ1v) is 13.7. The first kappa shape index (κ1) is 28.1. The quantitative estimate of drug-likeness (QED) is 0.213. The van der Waals surface area contributed by atoms with Gasteiger partial charge < -0.3 is 15.4 Å². The highest BCUT2D eigenvalue weighted by molar-refractivity contribution is 6.32. The molecule has 41 heavy (non-hydrogen) atoms. The average molecular weight is 575 g/mol. The van der Waals surface area contributed by atoms with Crippen molar-refractivity contribution in [2.75, 3.05) is 10.6 Å². The number of nitrogens with zero attached hydrogens (tertiary/aromatic N) is 4. The van der Waals surface area contributed by atoms with Gasteiger partial charge in [-0.15, -0.1) is 5.10 Å². The van der Waals surface area contributed by atoms with Gasteiger partial charge in [0.05, 0.1) is 28.4 Å². The fourth-order valence-corrected chi connectivity index (χ4v) is 4.55. The van der Waals surface area contributed by atoms with Crippen LogP contribution in [-0.4, -0.2) is 26.4 Å². The summed E-state index contributed by atoms with van der Waals surface area (Å²) in [4.78, 5) is 29.5. The normalized spacial score (nSPS) is 14.2. The lowest BCUT2D eigenvalue weighted by molar-refractivity contribution is -0.117. The Morgan fingerprint density at radius 1 is 1.22 bits per heavy atom. The van der Waals surface area contributed by atoms with Crippen LogP contribution >= 0.6 is 11.6 Å². The molecule has 1 aliphatic rings. The number of hydrogen-bond donors (Lipinski definition) is 2. The zero-order valence-corrected chi connectivity index (χ0v) is 23.3. The zero-order chi connectivity index (χ0) is 29.1. The van der Waals surface area contributed by atoms with Crippen LogP contribution in [0.4, 0.5) is 15.9 Å². The summed E-state index contributed by atoms with van der Waals surface area (Å²) in [6, 6.07) is 14.7. The lowest BCUT2D eigenvalue weighted by Crippen LogP contribution is -2.21. The topological polar surface area (TPSA) is 121 Å². The van der Waals surface area contributed by atoms with Gasteiger partial charge in [-0.3, -0.25) is 9.59 Å². The molecule has 5 rings (SSSR count). The molecule has 11 heteroatoms. The van der Waals surface area contributed by atoms with Crippen LogP contribution in [0.3, 0.4) is 0 Å². The van der Waals surface area contributed by atoms with Crippen molar-refractivity contribution >= 4 is 40.6 Å². The Balaban J connectivity index is 1.33. The van der Waals surface area contributed by atoms with E-state index < -0.39 is 17.1 Å². The molecule has 2 aromatic heterocycles. The Morgan fingerprint density at radius 2 is 2.02 bits per heavy atom. The molecule has 1 saturated carbocycles. The number of aromatic nitrogens is 3. The molecule has 2 N–H and O–H groups in total. The third-order valence-electron chi connectivity index (χ3n) is 7.02. The van der Waals surface area contributed by atoms with E-state index in [-0.39, 0.29) is 39.7 Å². The van der Waals surface area contributed by atoms with Crippen LogP contribution in [0, 0.1) is 23.1 Å². The van der Waals surface area contributed by atoms with Gasteiger partial charge in [0.25, 0.3) is 5.91 Å². The van der Waals surface area contributed by atoms with Crippen LogP contribution in [0.25, 0.3) is 5.65 Å². The van der Waals surface area contributed by atoms with Crippen molar-refractivity contribution in [1.82, 2.24) is 14.6 Å². The molecule has 9 nitrogen and oxygen atoms in total. The summed E-state index contributed by atoms with van der Waals surface area (Å²) in [5.41, 5.74) is 0.617. The minimum atomic E-state index is -0.745. The van der Waals surface area contributed by atoms with E-state index >= 15 is 0 Å². The first-order valence-electron chi connectivity index (χ1n) is 13.4. The van der Waals surface area contributed by atoms with Gasteiger partial charge in [-0.05, 0) is 56.0 Å². The molecule has 2 amide bonds. The minimum absolute atomic E-state index is 0.0203. The van der Waals surface area contributed by atoms with E-state index in [0.717, 1.165) is 37.3 Å². The van der Waals surface area contributed by atoms with Crippen molar-refractivity contribution in [2.45, 2.75) is 51.4 Å². The minimum Gasteiger partial charge on any atom is -0.436 e. The number of ether oxygens (including phenoxy) is 1.